The lowest BCUT2D eigenvalue weighted by atomic mass is 10.3. The minimum atomic E-state index is -0.594. The van der Waals surface area contributed by atoms with Gasteiger partial charge in [0.25, 0.3) is 0 Å². The van der Waals surface area contributed by atoms with Gasteiger partial charge in [0.05, 0.1) is 16.1 Å². The van der Waals surface area contributed by atoms with Crippen molar-refractivity contribution in [2.24, 2.45) is 4.99 Å². The van der Waals surface area contributed by atoms with Gasteiger partial charge in [0.15, 0.2) is 11.0 Å². The SMILES string of the molecule is CC1CSC(Nc2cc(Cl)c(F)c(Cl)c2)=N1. The predicted octanol–water partition coefficient (Wildman–Crippen LogP) is 4.04. The minimum absolute atomic E-state index is 0.00615. The summed E-state index contributed by atoms with van der Waals surface area (Å²) in [4.78, 5) is 4.35. The Morgan fingerprint density at radius 1 is 1.44 bits per heavy atom. The Labute approximate surface area is 107 Å². The van der Waals surface area contributed by atoms with E-state index in [0.29, 0.717) is 11.7 Å². The average molecular weight is 279 g/mol. The molecule has 1 aromatic rings. The lowest BCUT2D eigenvalue weighted by Gasteiger charge is -2.06. The normalized spacial score (nSPS) is 19.8. The molecule has 0 fully saturated rings. The van der Waals surface area contributed by atoms with Crippen LogP contribution in [0.5, 0.6) is 0 Å². The van der Waals surface area contributed by atoms with Crippen LogP contribution < -0.4 is 5.32 Å². The summed E-state index contributed by atoms with van der Waals surface area (Å²) in [5.74, 6) is 0.355. The van der Waals surface area contributed by atoms with Crippen molar-refractivity contribution in [1.82, 2.24) is 0 Å². The van der Waals surface area contributed by atoms with E-state index in [1.165, 1.54) is 12.1 Å². The molecule has 0 radical (unpaired) electrons. The number of anilines is 1. The van der Waals surface area contributed by atoms with Gasteiger partial charge >= 0.3 is 0 Å². The van der Waals surface area contributed by atoms with Crippen LogP contribution in [0.3, 0.4) is 0 Å². The van der Waals surface area contributed by atoms with Gasteiger partial charge in [0.2, 0.25) is 0 Å². The third-order valence-corrected chi connectivity index (χ3v) is 3.71. The zero-order chi connectivity index (χ0) is 11.7. The second kappa shape index (κ2) is 4.82. The Morgan fingerprint density at radius 2 is 2.06 bits per heavy atom. The van der Waals surface area contributed by atoms with Crippen LogP contribution in [0.15, 0.2) is 17.1 Å². The second-order valence-electron chi connectivity index (χ2n) is 3.47. The first-order chi connectivity index (χ1) is 7.56. The smallest absolute Gasteiger partial charge is 0.161 e. The zero-order valence-corrected chi connectivity index (χ0v) is 10.8. The summed E-state index contributed by atoms with van der Waals surface area (Å²) in [6.07, 6.45) is 0. The standard InChI is InChI=1S/C10H9Cl2FN2S/c1-5-4-16-10(14-5)15-6-2-7(11)9(13)8(12)3-6/h2-3,5H,4H2,1H3,(H,14,15). The van der Waals surface area contributed by atoms with Crippen LogP contribution in [-0.4, -0.2) is 17.0 Å². The first-order valence-electron chi connectivity index (χ1n) is 4.68. The third kappa shape index (κ3) is 2.62. The molecule has 6 heteroatoms. The highest BCUT2D eigenvalue weighted by atomic mass is 35.5. The van der Waals surface area contributed by atoms with Crippen molar-refractivity contribution >= 4 is 45.8 Å². The molecular weight excluding hydrogens is 270 g/mol. The van der Waals surface area contributed by atoms with Gasteiger partial charge in [-0.25, -0.2) is 4.39 Å². The van der Waals surface area contributed by atoms with Crippen molar-refractivity contribution < 1.29 is 4.39 Å². The number of benzene rings is 1. The van der Waals surface area contributed by atoms with E-state index in [4.69, 9.17) is 23.2 Å². The zero-order valence-electron chi connectivity index (χ0n) is 8.43. The van der Waals surface area contributed by atoms with E-state index >= 15 is 0 Å². The van der Waals surface area contributed by atoms with Crippen LogP contribution in [-0.2, 0) is 0 Å². The van der Waals surface area contributed by atoms with Crippen LogP contribution in [0.25, 0.3) is 0 Å². The molecule has 1 aliphatic rings. The number of hydrogen-bond donors (Lipinski definition) is 1. The van der Waals surface area contributed by atoms with E-state index in [2.05, 4.69) is 10.3 Å². The van der Waals surface area contributed by atoms with Gasteiger partial charge in [-0.2, -0.15) is 0 Å². The van der Waals surface area contributed by atoms with Crippen LogP contribution in [0.4, 0.5) is 10.1 Å². The molecule has 0 saturated carbocycles. The van der Waals surface area contributed by atoms with Gasteiger partial charge in [-0.1, -0.05) is 35.0 Å². The Bertz CT molecular complexity index is 427. The monoisotopic (exact) mass is 278 g/mol. The quantitative estimate of drug-likeness (QED) is 0.785. The van der Waals surface area contributed by atoms with Crippen LogP contribution >= 0.6 is 35.0 Å². The Hall–Kier alpha value is -0.450. The van der Waals surface area contributed by atoms with E-state index in [1.807, 2.05) is 6.92 Å². The van der Waals surface area contributed by atoms with E-state index in [1.54, 1.807) is 11.8 Å². The fourth-order valence-electron chi connectivity index (χ4n) is 1.29. The first kappa shape index (κ1) is 12.0. The molecule has 1 aliphatic heterocycles. The third-order valence-electron chi connectivity index (χ3n) is 2.03. The Balaban J connectivity index is 2.19. The number of amidine groups is 1. The topological polar surface area (TPSA) is 24.4 Å². The summed E-state index contributed by atoms with van der Waals surface area (Å²) >= 11 is 13.0. The molecule has 0 bridgehead atoms. The van der Waals surface area contributed by atoms with Crippen molar-refractivity contribution in [3.05, 3.63) is 28.0 Å². The molecule has 2 nitrogen and oxygen atoms in total. The van der Waals surface area contributed by atoms with Crippen molar-refractivity contribution in [3.63, 3.8) is 0 Å². The van der Waals surface area contributed by atoms with Gasteiger partial charge < -0.3 is 5.32 Å². The number of nitrogens with zero attached hydrogens (tertiary/aromatic N) is 1. The molecule has 0 aromatic heterocycles. The number of aliphatic imine (C=N–C) groups is 1. The summed E-state index contributed by atoms with van der Waals surface area (Å²) < 4.78 is 13.2. The minimum Gasteiger partial charge on any atom is -0.335 e. The summed E-state index contributed by atoms with van der Waals surface area (Å²) in [7, 11) is 0. The van der Waals surface area contributed by atoms with Crippen molar-refractivity contribution in [3.8, 4) is 0 Å². The molecule has 1 unspecified atom stereocenters. The van der Waals surface area contributed by atoms with Gasteiger partial charge in [0.1, 0.15) is 0 Å². The van der Waals surface area contributed by atoms with Crippen molar-refractivity contribution in [2.75, 3.05) is 11.1 Å². The molecular formula is C10H9Cl2FN2S. The Kier molecular flexibility index (Phi) is 3.62. The second-order valence-corrected chi connectivity index (χ2v) is 5.30. The maximum atomic E-state index is 13.2. The summed E-state index contributed by atoms with van der Waals surface area (Å²) in [5, 5.41) is 3.88. The Morgan fingerprint density at radius 3 is 2.56 bits per heavy atom. The highest BCUT2D eigenvalue weighted by Gasteiger charge is 2.15. The molecule has 0 amide bonds. The van der Waals surface area contributed by atoms with Crippen LogP contribution in [0, 0.1) is 5.82 Å². The van der Waals surface area contributed by atoms with E-state index < -0.39 is 5.82 Å². The maximum Gasteiger partial charge on any atom is 0.161 e. The first-order valence-corrected chi connectivity index (χ1v) is 6.42. The van der Waals surface area contributed by atoms with E-state index in [0.717, 1.165) is 10.9 Å². The van der Waals surface area contributed by atoms with Gasteiger partial charge in [-0.15, -0.1) is 0 Å². The van der Waals surface area contributed by atoms with Gasteiger partial charge in [-0.3, -0.25) is 4.99 Å². The van der Waals surface area contributed by atoms with E-state index in [9.17, 15) is 4.39 Å². The van der Waals surface area contributed by atoms with Crippen LogP contribution in [0.2, 0.25) is 10.0 Å². The maximum absolute atomic E-state index is 13.2. The van der Waals surface area contributed by atoms with Crippen molar-refractivity contribution in [1.29, 1.82) is 0 Å². The van der Waals surface area contributed by atoms with Gasteiger partial charge in [0, 0.05) is 11.4 Å². The number of hydrogen-bond acceptors (Lipinski definition) is 3. The van der Waals surface area contributed by atoms with Gasteiger partial charge in [-0.05, 0) is 19.1 Å². The highest BCUT2D eigenvalue weighted by molar-refractivity contribution is 8.14. The molecule has 1 aromatic carbocycles. The molecule has 1 atom stereocenters. The molecule has 0 saturated heterocycles. The lowest BCUT2D eigenvalue weighted by molar-refractivity contribution is 0.629. The molecule has 0 aliphatic carbocycles. The van der Waals surface area contributed by atoms with Crippen molar-refractivity contribution in [2.45, 2.75) is 13.0 Å². The molecule has 86 valence electrons. The number of halogens is 3. The summed E-state index contributed by atoms with van der Waals surface area (Å²) in [6, 6.07) is 3.29. The largest absolute Gasteiger partial charge is 0.335 e. The molecule has 16 heavy (non-hydrogen) atoms. The molecule has 0 spiro atoms. The summed E-state index contributed by atoms with van der Waals surface area (Å²) in [5.41, 5.74) is 0.650. The average Bonchev–Trinajstić information content (AvgIpc) is 2.60. The highest BCUT2D eigenvalue weighted by Crippen LogP contribution is 2.28. The lowest BCUT2D eigenvalue weighted by Crippen LogP contribution is -2.05. The molecule has 2 rings (SSSR count). The van der Waals surface area contributed by atoms with Crippen LogP contribution in [0.1, 0.15) is 6.92 Å². The number of nitrogens with one attached hydrogen (secondary N) is 1. The summed E-state index contributed by atoms with van der Waals surface area (Å²) in [6.45, 7) is 2.03. The molecule has 1 N–H and O–H groups in total. The fourth-order valence-corrected chi connectivity index (χ4v) is 2.70. The fraction of sp³-hybridized carbons (Fsp3) is 0.300. The number of thioether (sulfide) groups is 1. The number of rotatable bonds is 1. The van der Waals surface area contributed by atoms with E-state index in [-0.39, 0.29) is 10.0 Å². The predicted molar refractivity (Wildman–Crippen MR) is 69.4 cm³/mol. The molecule has 1 heterocycles.